The highest BCUT2D eigenvalue weighted by Gasteiger charge is 2.38. The van der Waals surface area contributed by atoms with E-state index in [0.717, 1.165) is 0 Å². The molecule has 0 amide bonds. The van der Waals surface area contributed by atoms with E-state index in [1.165, 1.54) is 0 Å². The van der Waals surface area contributed by atoms with E-state index in [1.807, 2.05) is 0 Å². The van der Waals surface area contributed by atoms with Crippen molar-refractivity contribution in [1.82, 2.24) is 0 Å². The van der Waals surface area contributed by atoms with Crippen LogP contribution >= 0.6 is 0 Å². The van der Waals surface area contributed by atoms with Crippen molar-refractivity contribution in [2.75, 3.05) is 0 Å². The van der Waals surface area contributed by atoms with E-state index in [9.17, 15) is 26.3 Å². The van der Waals surface area contributed by atoms with Crippen LogP contribution in [-0.4, -0.2) is 11.7 Å². The van der Waals surface area contributed by atoms with E-state index in [4.69, 9.17) is 0 Å². The number of rotatable bonds is 0. The van der Waals surface area contributed by atoms with Gasteiger partial charge in [-0.3, -0.25) is 0 Å². The van der Waals surface area contributed by atoms with Crippen molar-refractivity contribution in [3.8, 4) is 0 Å². The summed E-state index contributed by atoms with van der Waals surface area (Å²) in [6.07, 6.45) is -8.90. The van der Waals surface area contributed by atoms with Crippen LogP contribution in [0.25, 0.3) is 0 Å². The molecule has 62 valence electrons. The summed E-state index contributed by atoms with van der Waals surface area (Å²) in [4.78, 5) is 0. The molecule has 0 rings (SSSR count). The topological polar surface area (TPSA) is 31.5 Å². The van der Waals surface area contributed by atoms with Crippen molar-refractivity contribution < 1.29 is 31.8 Å². The van der Waals surface area contributed by atoms with Gasteiger partial charge in [-0.15, -0.1) is 0 Å². The Morgan fingerprint density at radius 3 is 1.20 bits per heavy atom. The summed E-state index contributed by atoms with van der Waals surface area (Å²) in [5.41, 5.74) is 0. The van der Waals surface area contributed by atoms with Crippen LogP contribution in [0.4, 0.5) is 26.3 Å². The van der Waals surface area contributed by atoms with E-state index in [2.05, 4.69) is 0 Å². The molecule has 0 aliphatic rings. The van der Waals surface area contributed by atoms with Crippen molar-refractivity contribution in [2.24, 2.45) is 0 Å². The Labute approximate surface area is 51.3 Å². The molecule has 0 fully saturated rings. The summed E-state index contributed by atoms with van der Waals surface area (Å²) in [7, 11) is 0. The molecule has 0 spiro atoms. The second-order valence-corrected chi connectivity index (χ2v) is 1.07. The molecule has 0 saturated heterocycles. The Morgan fingerprint density at radius 1 is 0.900 bits per heavy atom. The zero-order valence-electron chi connectivity index (χ0n) is 4.27. The fourth-order valence-electron chi connectivity index (χ4n) is 0.107. The number of halogens is 6. The van der Waals surface area contributed by atoms with Gasteiger partial charge in [-0.05, 0) is 0 Å². The predicted molar refractivity (Wildman–Crippen MR) is 20.0 cm³/mol. The molecular weight excluding hydrogens is 166 g/mol. The van der Waals surface area contributed by atoms with Gasteiger partial charge in [0.1, 0.15) is 0 Å². The fraction of sp³-hybridized carbons (Fsp3) is 0.333. The Morgan fingerprint density at radius 2 is 1.20 bits per heavy atom. The summed E-state index contributed by atoms with van der Waals surface area (Å²) >= 11 is 0. The average Bonchev–Trinajstić information content (AvgIpc) is 1.62. The lowest BCUT2D eigenvalue weighted by molar-refractivity contribution is -0.113. The molecule has 0 saturated carbocycles. The van der Waals surface area contributed by atoms with Crippen LogP contribution in [0, 0.1) is 0 Å². The van der Waals surface area contributed by atoms with E-state index in [0.29, 0.717) is 0 Å². The summed E-state index contributed by atoms with van der Waals surface area (Å²) in [5, 5.41) is 0. The summed E-state index contributed by atoms with van der Waals surface area (Å²) in [5.74, 6) is -3.33. The molecule has 0 aromatic rings. The van der Waals surface area contributed by atoms with Crippen molar-refractivity contribution in [3.63, 3.8) is 0 Å². The minimum absolute atomic E-state index is 0. The first kappa shape index (κ1) is 12.0. The Kier molecular flexibility index (Phi) is 4.14. The van der Waals surface area contributed by atoms with Gasteiger partial charge in [-0.1, -0.05) is 0 Å². The SMILES string of the molecule is FC(F)=C(F)C(F)(F)F.O. The van der Waals surface area contributed by atoms with Gasteiger partial charge < -0.3 is 5.48 Å². The van der Waals surface area contributed by atoms with Crippen LogP contribution < -0.4 is 0 Å². The third-order valence-corrected chi connectivity index (χ3v) is 0.415. The zero-order chi connectivity index (χ0) is 7.65. The van der Waals surface area contributed by atoms with E-state index in [-0.39, 0.29) is 5.48 Å². The van der Waals surface area contributed by atoms with Gasteiger partial charge in [0.25, 0.3) is 5.83 Å². The summed E-state index contributed by atoms with van der Waals surface area (Å²) in [6, 6.07) is 0. The number of alkyl halides is 3. The standard InChI is InChI=1S/C3F6.H2O/c4-1(2(5)6)3(7,8)9;/h;1H2. The smallest absolute Gasteiger partial charge is 0.412 e. The average molecular weight is 168 g/mol. The first-order valence-corrected chi connectivity index (χ1v) is 1.63. The normalized spacial score (nSPS) is 10.2. The van der Waals surface area contributed by atoms with E-state index < -0.39 is 18.1 Å². The molecule has 0 radical (unpaired) electrons. The number of hydrogen-bond acceptors (Lipinski definition) is 0. The van der Waals surface area contributed by atoms with Gasteiger partial charge in [-0.2, -0.15) is 26.3 Å². The summed E-state index contributed by atoms with van der Waals surface area (Å²) < 4.78 is 64.8. The van der Waals surface area contributed by atoms with Crippen LogP contribution in [0.1, 0.15) is 0 Å². The second kappa shape index (κ2) is 3.45. The maximum Gasteiger partial charge on any atom is 0.448 e. The Bertz CT molecular complexity index is 130. The molecule has 0 aromatic heterocycles. The van der Waals surface area contributed by atoms with E-state index in [1.54, 1.807) is 0 Å². The fourth-order valence-corrected chi connectivity index (χ4v) is 0.107. The maximum absolute atomic E-state index is 11.0. The quantitative estimate of drug-likeness (QED) is 0.494. The second-order valence-electron chi connectivity index (χ2n) is 1.07. The van der Waals surface area contributed by atoms with Crippen molar-refractivity contribution >= 4 is 0 Å². The van der Waals surface area contributed by atoms with Crippen LogP contribution in [0.5, 0.6) is 0 Å². The highest BCUT2D eigenvalue weighted by atomic mass is 19.4. The molecule has 0 heterocycles. The zero-order valence-corrected chi connectivity index (χ0v) is 4.27. The van der Waals surface area contributed by atoms with Crippen molar-refractivity contribution in [1.29, 1.82) is 0 Å². The molecule has 0 unspecified atom stereocenters. The molecule has 0 bridgehead atoms. The summed E-state index contributed by atoms with van der Waals surface area (Å²) in [6.45, 7) is 0. The van der Waals surface area contributed by atoms with Crippen molar-refractivity contribution in [2.45, 2.75) is 6.18 Å². The molecule has 1 nitrogen and oxygen atoms in total. The lowest BCUT2D eigenvalue weighted by Gasteiger charge is -1.98. The molecule has 0 aromatic carbocycles. The molecular formula is C3H2F6O. The van der Waals surface area contributed by atoms with Crippen LogP contribution in [-0.2, 0) is 0 Å². The Balaban J connectivity index is 0. The molecule has 7 heteroatoms. The molecule has 2 N–H and O–H groups in total. The molecule has 0 aliphatic heterocycles. The minimum atomic E-state index is -5.56. The molecule has 0 aliphatic carbocycles. The largest absolute Gasteiger partial charge is 0.448 e. The van der Waals surface area contributed by atoms with Gasteiger partial charge in [-0.25, -0.2) is 0 Å². The molecule has 0 atom stereocenters. The van der Waals surface area contributed by atoms with Crippen molar-refractivity contribution in [3.05, 3.63) is 11.9 Å². The highest BCUT2D eigenvalue weighted by Crippen LogP contribution is 2.29. The van der Waals surface area contributed by atoms with Gasteiger partial charge in [0.05, 0.1) is 0 Å². The third-order valence-electron chi connectivity index (χ3n) is 0.415. The highest BCUT2D eigenvalue weighted by molar-refractivity contribution is 4.98. The molecule has 10 heavy (non-hydrogen) atoms. The maximum atomic E-state index is 11.0. The van der Waals surface area contributed by atoms with Gasteiger partial charge in [0.15, 0.2) is 0 Å². The third kappa shape index (κ3) is 3.33. The first-order valence-electron chi connectivity index (χ1n) is 1.63. The van der Waals surface area contributed by atoms with Gasteiger partial charge in [0.2, 0.25) is 0 Å². The lowest BCUT2D eigenvalue weighted by atomic mass is 10.6. The van der Waals surface area contributed by atoms with E-state index >= 15 is 0 Å². The number of hydrogen-bond donors (Lipinski definition) is 0. The monoisotopic (exact) mass is 168 g/mol. The van der Waals surface area contributed by atoms with Gasteiger partial charge >= 0.3 is 12.3 Å². The lowest BCUT2D eigenvalue weighted by Crippen LogP contribution is -2.08. The first-order chi connectivity index (χ1) is 3.85. The number of allylic oxidation sites excluding steroid dienone is 1. The van der Waals surface area contributed by atoms with Crippen LogP contribution in [0.2, 0.25) is 0 Å². The van der Waals surface area contributed by atoms with Crippen LogP contribution in [0.3, 0.4) is 0 Å². The minimum Gasteiger partial charge on any atom is -0.412 e. The Hall–Kier alpha value is -0.720. The predicted octanol–water partition coefficient (Wildman–Crippen LogP) is 1.80. The van der Waals surface area contributed by atoms with Crippen LogP contribution in [0.15, 0.2) is 11.9 Å². The van der Waals surface area contributed by atoms with Gasteiger partial charge in [0, 0.05) is 0 Å².